The lowest BCUT2D eigenvalue weighted by Crippen LogP contribution is -2.30. The van der Waals surface area contributed by atoms with Gasteiger partial charge in [0.05, 0.1) is 0 Å². The molecule has 1 atom stereocenters. The highest BCUT2D eigenvalue weighted by molar-refractivity contribution is 5.71. The Balaban J connectivity index is 4.48. The Morgan fingerprint density at radius 2 is 0.629 bits per heavy atom. The van der Waals surface area contributed by atoms with Gasteiger partial charge in [-0.2, -0.15) is 0 Å². The van der Waals surface area contributed by atoms with Gasteiger partial charge in [-0.25, -0.2) is 0 Å². The fourth-order valence-corrected chi connectivity index (χ4v) is 6.29. The third-order valence-corrected chi connectivity index (χ3v) is 9.99. The average Bonchev–Trinajstić information content (AvgIpc) is 3.27. The maximum Gasteiger partial charge on any atom is 0.306 e. The van der Waals surface area contributed by atoms with Crippen molar-refractivity contribution in [1.29, 1.82) is 0 Å². The van der Waals surface area contributed by atoms with Crippen molar-refractivity contribution in [2.45, 2.75) is 213 Å². The van der Waals surface area contributed by atoms with Crippen LogP contribution in [0.4, 0.5) is 0 Å². The SMILES string of the molecule is CC/C=C\C/C=C\C/C=C\C/C=C\C/C=C\CCCCCC(=O)OCC(COC(=O)CCCCCCC/C=C\CCCC)OC(=O)CCCCCC/C=C\C/C=C\C/C=C\CC. The molecule has 0 aromatic heterocycles. The summed E-state index contributed by atoms with van der Waals surface area (Å²) >= 11 is 0. The molecule has 0 aliphatic heterocycles. The molecule has 0 saturated carbocycles. The summed E-state index contributed by atoms with van der Waals surface area (Å²) in [5.41, 5.74) is 0. The van der Waals surface area contributed by atoms with Gasteiger partial charge in [0, 0.05) is 19.3 Å². The quantitative estimate of drug-likeness (QED) is 0.0263. The van der Waals surface area contributed by atoms with E-state index in [-0.39, 0.29) is 37.5 Å². The fourth-order valence-electron chi connectivity index (χ4n) is 6.29. The Kier molecular flexibility index (Phi) is 46.6. The van der Waals surface area contributed by atoms with Crippen molar-refractivity contribution < 1.29 is 28.6 Å². The number of hydrogen-bond acceptors (Lipinski definition) is 6. The van der Waals surface area contributed by atoms with Gasteiger partial charge in [0.1, 0.15) is 13.2 Å². The number of esters is 3. The van der Waals surface area contributed by atoms with Crippen LogP contribution in [0.5, 0.6) is 0 Å². The predicted molar refractivity (Wildman–Crippen MR) is 265 cm³/mol. The molecule has 0 fully saturated rings. The molecular weight excluding hydrogens is 769 g/mol. The summed E-state index contributed by atoms with van der Waals surface area (Å²) in [7, 11) is 0. The summed E-state index contributed by atoms with van der Waals surface area (Å²) < 4.78 is 16.7. The van der Waals surface area contributed by atoms with Crippen LogP contribution in [-0.2, 0) is 28.6 Å². The standard InChI is InChI=1S/C56H90O6/c1-4-7-10-13-16-19-22-24-26-27-28-29-30-32-34-37-40-43-46-49-55(58)61-52-53(51-60-54(57)48-45-42-39-36-33-21-18-15-12-9-6-3)62-56(59)50-47-44-41-38-35-31-25-23-20-17-14-11-8-5-2/h7-8,10-11,15-20,24-26,28-29,31-32,34,53H,4-6,9,12-14,21-23,27,30,33,35-52H2,1-3H3/b10-7-,11-8-,18-15-,19-16-,20-17-,26-24-,29-28-,31-25-,34-32-. The molecule has 1 unspecified atom stereocenters. The zero-order valence-corrected chi connectivity index (χ0v) is 39.8. The lowest BCUT2D eigenvalue weighted by Gasteiger charge is -2.18. The van der Waals surface area contributed by atoms with Gasteiger partial charge in [-0.1, -0.05) is 182 Å². The highest BCUT2D eigenvalue weighted by Crippen LogP contribution is 2.12. The van der Waals surface area contributed by atoms with Gasteiger partial charge in [-0.3, -0.25) is 14.4 Å². The maximum absolute atomic E-state index is 12.8. The first-order chi connectivity index (χ1) is 30.5. The van der Waals surface area contributed by atoms with E-state index in [0.29, 0.717) is 12.8 Å². The van der Waals surface area contributed by atoms with Crippen molar-refractivity contribution in [2.24, 2.45) is 0 Å². The van der Waals surface area contributed by atoms with Crippen molar-refractivity contribution in [1.82, 2.24) is 0 Å². The number of rotatable bonds is 43. The molecule has 350 valence electrons. The molecule has 0 heterocycles. The van der Waals surface area contributed by atoms with E-state index in [0.717, 1.165) is 141 Å². The second kappa shape index (κ2) is 49.7. The van der Waals surface area contributed by atoms with Crippen molar-refractivity contribution in [3.8, 4) is 0 Å². The van der Waals surface area contributed by atoms with E-state index in [1.54, 1.807) is 0 Å². The zero-order valence-electron chi connectivity index (χ0n) is 39.8. The van der Waals surface area contributed by atoms with Gasteiger partial charge in [0.25, 0.3) is 0 Å². The van der Waals surface area contributed by atoms with Crippen molar-refractivity contribution in [3.63, 3.8) is 0 Å². The monoisotopic (exact) mass is 859 g/mol. The average molecular weight is 859 g/mol. The van der Waals surface area contributed by atoms with Crippen LogP contribution in [0, 0.1) is 0 Å². The van der Waals surface area contributed by atoms with Gasteiger partial charge in [-0.05, 0) is 116 Å². The van der Waals surface area contributed by atoms with Gasteiger partial charge >= 0.3 is 17.9 Å². The van der Waals surface area contributed by atoms with Crippen molar-refractivity contribution in [2.75, 3.05) is 13.2 Å². The molecule has 6 heteroatoms. The van der Waals surface area contributed by atoms with E-state index >= 15 is 0 Å². The third kappa shape index (κ3) is 47.1. The smallest absolute Gasteiger partial charge is 0.306 e. The summed E-state index contributed by atoms with van der Waals surface area (Å²) in [4.78, 5) is 37.9. The molecule has 0 saturated heterocycles. The summed E-state index contributed by atoms with van der Waals surface area (Å²) in [5, 5.41) is 0. The molecule has 0 rings (SSSR count). The molecule has 0 aromatic rings. The second-order valence-electron chi connectivity index (χ2n) is 16.0. The highest BCUT2D eigenvalue weighted by atomic mass is 16.6. The Labute approximate surface area is 380 Å². The van der Waals surface area contributed by atoms with Gasteiger partial charge in [-0.15, -0.1) is 0 Å². The first-order valence-corrected chi connectivity index (χ1v) is 24.9. The molecule has 0 aromatic carbocycles. The molecule has 0 radical (unpaired) electrons. The molecule has 0 N–H and O–H groups in total. The second-order valence-corrected chi connectivity index (χ2v) is 16.0. The van der Waals surface area contributed by atoms with Crippen LogP contribution in [-0.4, -0.2) is 37.2 Å². The summed E-state index contributed by atoms with van der Waals surface area (Å²) in [6.07, 6.45) is 66.4. The van der Waals surface area contributed by atoms with Crippen LogP contribution >= 0.6 is 0 Å². The predicted octanol–water partition coefficient (Wildman–Crippen LogP) is 16.4. The number of hydrogen-bond donors (Lipinski definition) is 0. The Bertz CT molecular complexity index is 1310. The van der Waals surface area contributed by atoms with Gasteiger partial charge in [0.15, 0.2) is 6.10 Å². The molecule has 62 heavy (non-hydrogen) atoms. The number of ether oxygens (including phenoxy) is 3. The summed E-state index contributed by atoms with van der Waals surface area (Å²) in [6, 6.07) is 0. The van der Waals surface area contributed by atoms with Crippen molar-refractivity contribution >= 4 is 17.9 Å². The minimum Gasteiger partial charge on any atom is -0.462 e. The normalized spacial score (nSPS) is 13.0. The maximum atomic E-state index is 12.8. The Morgan fingerprint density at radius 1 is 0.339 bits per heavy atom. The number of carbonyl (C=O) groups excluding carboxylic acids is 3. The van der Waals surface area contributed by atoms with E-state index in [4.69, 9.17) is 14.2 Å². The number of allylic oxidation sites excluding steroid dienone is 18. The van der Waals surface area contributed by atoms with E-state index in [9.17, 15) is 14.4 Å². The molecule has 0 bridgehead atoms. The van der Waals surface area contributed by atoms with E-state index in [2.05, 4.69) is 130 Å². The lowest BCUT2D eigenvalue weighted by molar-refractivity contribution is -0.167. The molecule has 0 aliphatic carbocycles. The lowest BCUT2D eigenvalue weighted by atomic mass is 10.1. The molecule has 0 spiro atoms. The number of unbranched alkanes of at least 4 members (excludes halogenated alkanes) is 14. The summed E-state index contributed by atoms with van der Waals surface area (Å²) in [5.74, 6) is -0.978. The van der Waals surface area contributed by atoms with Crippen LogP contribution in [0.2, 0.25) is 0 Å². The molecule has 6 nitrogen and oxygen atoms in total. The number of carbonyl (C=O) groups is 3. The topological polar surface area (TPSA) is 78.9 Å². The van der Waals surface area contributed by atoms with Gasteiger partial charge in [0.2, 0.25) is 0 Å². The molecular formula is C56H90O6. The highest BCUT2D eigenvalue weighted by Gasteiger charge is 2.19. The third-order valence-electron chi connectivity index (χ3n) is 9.99. The van der Waals surface area contributed by atoms with Crippen molar-refractivity contribution in [3.05, 3.63) is 109 Å². The zero-order chi connectivity index (χ0) is 45.1. The molecule has 0 aliphatic rings. The van der Waals surface area contributed by atoms with Crippen LogP contribution in [0.25, 0.3) is 0 Å². The van der Waals surface area contributed by atoms with Crippen LogP contribution in [0.15, 0.2) is 109 Å². The van der Waals surface area contributed by atoms with Crippen LogP contribution < -0.4 is 0 Å². The minimum atomic E-state index is -0.807. The first kappa shape index (κ1) is 58.1. The van der Waals surface area contributed by atoms with Crippen LogP contribution in [0.3, 0.4) is 0 Å². The Hall–Kier alpha value is -3.93. The minimum absolute atomic E-state index is 0.105. The first-order valence-electron chi connectivity index (χ1n) is 24.9. The van der Waals surface area contributed by atoms with Crippen LogP contribution in [0.1, 0.15) is 207 Å². The van der Waals surface area contributed by atoms with E-state index < -0.39 is 6.10 Å². The van der Waals surface area contributed by atoms with Gasteiger partial charge < -0.3 is 14.2 Å². The fraction of sp³-hybridized carbons (Fsp3) is 0.625. The Morgan fingerprint density at radius 3 is 1.02 bits per heavy atom. The molecule has 0 amide bonds. The summed E-state index contributed by atoms with van der Waals surface area (Å²) in [6.45, 7) is 6.29. The van der Waals surface area contributed by atoms with E-state index in [1.165, 1.54) is 25.7 Å². The largest absolute Gasteiger partial charge is 0.462 e. The van der Waals surface area contributed by atoms with E-state index in [1.807, 2.05) is 0 Å².